The molecule has 0 saturated carbocycles. The zero-order valence-electron chi connectivity index (χ0n) is 11.0. The highest BCUT2D eigenvalue weighted by Gasteiger charge is 2.40. The third-order valence-electron chi connectivity index (χ3n) is 3.01. The number of benzene rings is 1. The van der Waals surface area contributed by atoms with Crippen LogP contribution in [0.5, 0.6) is 0 Å². The van der Waals surface area contributed by atoms with Crippen molar-refractivity contribution in [3.63, 3.8) is 0 Å². The number of rotatable bonds is 4. The quantitative estimate of drug-likeness (QED) is 0.447. The van der Waals surface area contributed by atoms with E-state index in [9.17, 15) is 9.59 Å². The highest BCUT2D eigenvalue weighted by molar-refractivity contribution is 14.1. The number of carbonyl (C=O) groups is 2. The lowest BCUT2D eigenvalue weighted by Crippen LogP contribution is -2.49. The first kappa shape index (κ1) is 15.4. The van der Waals surface area contributed by atoms with E-state index in [2.05, 4.69) is 22.6 Å². The number of ether oxygens (including phenoxy) is 3. The second-order valence-corrected chi connectivity index (χ2v) is 5.24. The highest BCUT2D eigenvalue weighted by Crippen LogP contribution is 2.22. The van der Waals surface area contributed by atoms with Gasteiger partial charge in [-0.3, -0.25) is 4.79 Å². The van der Waals surface area contributed by atoms with Gasteiger partial charge in [0.15, 0.2) is 18.2 Å². The molecule has 0 bridgehead atoms. The minimum atomic E-state index is -0.869. The molecule has 0 spiro atoms. The number of hydrogen-bond acceptors (Lipinski definition) is 5. The zero-order chi connectivity index (χ0) is 14.5. The van der Waals surface area contributed by atoms with Gasteiger partial charge in [-0.25, -0.2) is 4.79 Å². The Balaban J connectivity index is 2.07. The standard InChI is InChI=1S/C14H15IO5/c1-18-12-7-10(16)13(11(8-15)19-12)20-14(17)9-5-3-2-4-6-9/h2-6,11-13H,7-8H2,1H3/t11-,12+,13+/m1/s1. The number of methoxy groups -OCH3 is 1. The van der Waals surface area contributed by atoms with Crippen molar-refractivity contribution in [1.82, 2.24) is 0 Å². The summed E-state index contributed by atoms with van der Waals surface area (Å²) < 4.78 is 16.5. The molecule has 1 aliphatic rings. The van der Waals surface area contributed by atoms with E-state index in [0.717, 1.165) is 0 Å². The van der Waals surface area contributed by atoms with Crippen molar-refractivity contribution in [2.24, 2.45) is 0 Å². The predicted molar refractivity (Wildman–Crippen MR) is 79.8 cm³/mol. The van der Waals surface area contributed by atoms with Crippen molar-refractivity contribution in [2.75, 3.05) is 11.5 Å². The van der Waals surface area contributed by atoms with Gasteiger partial charge in [0.1, 0.15) is 6.10 Å². The van der Waals surface area contributed by atoms with Crippen LogP contribution >= 0.6 is 22.6 Å². The number of esters is 1. The lowest BCUT2D eigenvalue weighted by Gasteiger charge is -2.33. The number of alkyl halides is 1. The van der Waals surface area contributed by atoms with Gasteiger partial charge < -0.3 is 14.2 Å². The van der Waals surface area contributed by atoms with Gasteiger partial charge in [-0.05, 0) is 12.1 Å². The van der Waals surface area contributed by atoms with Gasteiger partial charge in [0.2, 0.25) is 0 Å². The third kappa shape index (κ3) is 3.56. The lowest BCUT2D eigenvalue weighted by molar-refractivity contribution is -0.202. The molecule has 1 fully saturated rings. The Morgan fingerprint density at radius 1 is 1.40 bits per heavy atom. The van der Waals surface area contributed by atoms with E-state index >= 15 is 0 Å². The van der Waals surface area contributed by atoms with E-state index in [1.807, 2.05) is 6.07 Å². The second-order valence-electron chi connectivity index (χ2n) is 4.36. The monoisotopic (exact) mass is 390 g/mol. The van der Waals surface area contributed by atoms with Crippen molar-refractivity contribution >= 4 is 34.3 Å². The summed E-state index contributed by atoms with van der Waals surface area (Å²) >= 11 is 2.10. The van der Waals surface area contributed by atoms with Crippen LogP contribution in [0.1, 0.15) is 16.8 Å². The molecule has 6 heteroatoms. The minimum absolute atomic E-state index is 0.0936. The maximum atomic E-state index is 12.1. The smallest absolute Gasteiger partial charge is 0.338 e. The molecule has 1 heterocycles. The lowest BCUT2D eigenvalue weighted by atomic mass is 10.0. The summed E-state index contributed by atoms with van der Waals surface area (Å²) in [5.74, 6) is -0.688. The first-order valence-corrected chi connectivity index (χ1v) is 7.71. The average molecular weight is 390 g/mol. The molecule has 0 unspecified atom stereocenters. The molecule has 0 aliphatic carbocycles. The van der Waals surface area contributed by atoms with Gasteiger partial charge in [-0.1, -0.05) is 40.8 Å². The van der Waals surface area contributed by atoms with E-state index in [1.165, 1.54) is 7.11 Å². The van der Waals surface area contributed by atoms with Gasteiger partial charge in [-0.2, -0.15) is 0 Å². The fourth-order valence-electron chi connectivity index (χ4n) is 1.96. The molecule has 5 nitrogen and oxygen atoms in total. The fourth-order valence-corrected chi connectivity index (χ4v) is 2.63. The first-order chi connectivity index (χ1) is 9.65. The fraction of sp³-hybridized carbons (Fsp3) is 0.429. The summed E-state index contributed by atoms with van der Waals surface area (Å²) in [5, 5.41) is 0. The molecule has 1 saturated heterocycles. The molecule has 108 valence electrons. The molecular formula is C14H15IO5. The number of halogens is 1. The number of ketones is 1. The average Bonchev–Trinajstić information content (AvgIpc) is 2.49. The second kappa shape index (κ2) is 7.14. The van der Waals surface area contributed by atoms with E-state index in [1.54, 1.807) is 24.3 Å². The molecular weight excluding hydrogens is 375 g/mol. The Bertz CT molecular complexity index is 476. The topological polar surface area (TPSA) is 61.8 Å². The maximum Gasteiger partial charge on any atom is 0.338 e. The van der Waals surface area contributed by atoms with E-state index in [-0.39, 0.29) is 12.2 Å². The molecule has 1 aliphatic heterocycles. The highest BCUT2D eigenvalue weighted by atomic mass is 127. The van der Waals surface area contributed by atoms with Gasteiger partial charge in [0.25, 0.3) is 0 Å². The Kier molecular flexibility index (Phi) is 5.50. The molecule has 1 aromatic carbocycles. The van der Waals surface area contributed by atoms with E-state index in [4.69, 9.17) is 14.2 Å². The van der Waals surface area contributed by atoms with Gasteiger partial charge in [-0.15, -0.1) is 0 Å². The zero-order valence-corrected chi connectivity index (χ0v) is 13.1. The Labute approximate surface area is 130 Å². The van der Waals surface area contributed by atoms with Gasteiger partial charge in [0.05, 0.1) is 12.0 Å². The normalized spacial score (nSPS) is 26.3. The molecule has 20 heavy (non-hydrogen) atoms. The molecule has 3 atom stereocenters. The molecule has 0 amide bonds. The van der Waals surface area contributed by atoms with E-state index in [0.29, 0.717) is 9.99 Å². The number of Topliss-reactive ketones (excluding diaryl/α,β-unsaturated/α-hetero) is 1. The third-order valence-corrected chi connectivity index (χ3v) is 3.88. The Morgan fingerprint density at radius 3 is 2.70 bits per heavy atom. The predicted octanol–water partition coefficient (Wildman–Crippen LogP) is 1.98. The summed E-state index contributed by atoms with van der Waals surface area (Å²) in [5.41, 5.74) is 0.418. The summed E-state index contributed by atoms with van der Waals surface area (Å²) in [4.78, 5) is 24.1. The molecule has 0 radical (unpaired) electrons. The van der Waals surface area contributed by atoms with Crippen molar-refractivity contribution in [2.45, 2.75) is 24.9 Å². The van der Waals surface area contributed by atoms with Crippen LogP contribution < -0.4 is 0 Å². The Hall–Kier alpha value is -0.990. The van der Waals surface area contributed by atoms with Crippen molar-refractivity contribution < 1.29 is 23.8 Å². The van der Waals surface area contributed by atoms with Crippen LogP contribution in [0, 0.1) is 0 Å². The molecule has 1 aromatic rings. The largest absolute Gasteiger partial charge is 0.448 e. The van der Waals surface area contributed by atoms with E-state index < -0.39 is 24.5 Å². The molecule has 2 rings (SSSR count). The van der Waals surface area contributed by atoms with Crippen molar-refractivity contribution in [1.29, 1.82) is 0 Å². The van der Waals surface area contributed by atoms with Crippen LogP contribution in [0.2, 0.25) is 0 Å². The molecule has 0 aromatic heterocycles. The van der Waals surface area contributed by atoms with Crippen LogP contribution in [0.4, 0.5) is 0 Å². The summed E-state index contributed by atoms with van der Waals surface area (Å²) in [7, 11) is 1.48. The Morgan fingerprint density at radius 2 is 2.10 bits per heavy atom. The number of carbonyl (C=O) groups excluding carboxylic acids is 2. The summed E-state index contributed by atoms with van der Waals surface area (Å²) in [6.45, 7) is 0. The van der Waals surface area contributed by atoms with Gasteiger partial charge in [0, 0.05) is 11.5 Å². The summed E-state index contributed by atoms with van der Waals surface area (Å²) in [6.07, 6.45) is -1.81. The first-order valence-electron chi connectivity index (χ1n) is 6.18. The van der Waals surface area contributed by atoms with Crippen molar-refractivity contribution in [3.05, 3.63) is 35.9 Å². The minimum Gasteiger partial charge on any atom is -0.448 e. The van der Waals surface area contributed by atoms with Gasteiger partial charge >= 0.3 is 5.97 Å². The van der Waals surface area contributed by atoms with Crippen LogP contribution in [-0.4, -0.2) is 41.8 Å². The van der Waals surface area contributed by atoms with Crippen LogP contribution in [0.25, 0.3) is 0 Å². The number of hydrogen-bond donors (Lipinski definition) is 0. The SMILES string of the molecule is CO[C@@H]1CC(=O)[C@H](OC(=O)c2ccccc2)[C@@H](CI)O1. The van der Waals surface area contributed by atoms with Crippen LogP contribution in [0.3, 0.4) is 0 Å². The van der Waals surface area contributed by atoms with Crippen LogP contribution in [-0.2, 0) is 19.0 Å². The van der Waals surface area contributed by atoms with Crippen LogP contribution in [0.15, 0.2) is 30.3 Å². The maximum absolute atomic E-state index is 12.1. The molecule has 0 N–H and O–H groups in total. The van der Waals surface area contributed by atoms with Crippen molar-refractivity contribution in [3.8, 4) is 0 Å². The summed E-state index contributed by atoms with van der Waals surface area (Å²) in [6, 6.07) is 8.59.